The van der Waals surface area contributed by atoms with E-state index in [1.54, 1.807) is 24.3 Å². The van der Waals surface area contributed by atoms with E-state index in [2.05, 4.69) is 5.32 Å². The van der Waals surface area contributed by atoms with Crippen LogP contribution < -0.4 is 10.2 Å². The minimum atomic E-state index is -0.913. The fraction of sp³-hybridized carbons (Fsp3) is 0.0455. The Bertz CT molecular complexity index is 1210. The molecule has 1 aromatic heterocycles. The molecule has 4 amide bonds. The van der Waals surface area contributed by atoms with Gasteiger partial charge in [-0.3, -0.25) is 14.9 Å². The van der Waals surface area contributed by atoms with Gasteiger partial charge in [-0.25, -0.2) is 14.1 Å². The van der Waals surface area contributed by atoms with Gasteiger partial charge in [-0.15, -0.1) is 0 Å². The maximum absolute atomic E-state index is 13.2. The summed E-state index contributed by atoms with van der Waals surface area (Å²) in [5, 5.41) is 2.65. The first-order valence-electron chi connectivity index (χ1n) is 8.87. The minimum Gasteiger partial charge on any atom is -0.457 e. The van der Waals surface area contributed by atoms with Gasteiger partial charge >= 0.3 is 6.03 Å². The summed E-state index contributed by atoms with van der Waals surface area (Å²) in [5.74, 6) is -1.45. The minimum absolute atomic E-state index is 0.131. The molecule has 1 saturated heterocycles. The predicted octanol–water partition coefficient (Wildman–Crippen LogP) is 4.71. The molecule has 0 radical (unpaired) electrons. The third-order valence-electron chi connectivity index (χ3n) is 4.56. The van der Waals surface area contributed by atoms with Gasteiger partial charge < -0.3 is 4.42 Å². The van der Waals surface area contributed by atoms with E-state index in [1.165, 1.54) is 18.2 Å². The van der Waals surface area contributed by atoms with Crippen LogP contribution in [-0.2, 0) is 9.59 Å². The molecule has 1 fully saturated rings. The Morgan fingerprint density at radius 1 is 1.03 bits per heavy atom. The van der Waals surface area contributed by atoms with Crippen molar-refractivity contribution < 1.29 is 23.2 Å². The number of urea groups is 1. The lowest BCUT2D eigenvalue weighted by Crippen LogP contribution is -2.54. The van der Waals surface area contributed by atoms with Crippen LogP contribution in [0.1, 0.15) is 11.3 Å². The Kier molecular flexibility index (Phi) is 4.97. The molecule has 1 aliphatic rings. The highest BCUT2D eigenvalue weighted by Crippen LogP contribution is 2.29. The van der Waals surface area contributed by atoms with Crippen molar-refractivity contribution in [3.05, 3.63) is 82.3 Å². The highest BCUT2D eigenvalue weighted by molar-refractivity contribution is 6.39. The van der Waals surface area contributed by atoms with E-state index in [0.29, 0.717) is 10.8 Å². The zero-order valence-electron chi connectivity index (χ0n) is 15.6. The molecule has 6 nitrogen and oxygen atoms in total. The van der Waals surface area contributed by atoms with Crippen molar-refractivity contribution >= 4 is 41.2 Å². The van der Waals surface area contributed by atoms with E-state index in [4.69, 9.17) is 16.0 Å². The number of amides is 4. The number of hydrogen-bond donors (Lipinski definition) is 1. The molecule has 0 atom stereocenters. The van der Waals surface area contributed by atoms with Crippen molar-refractivity contribution in [1.82, 2.24) is 5.32 Å². The molecule has 150 valence electrons. The average Bonchev–Trinajstić information content (AvgIpc) is 3.17. The standard InChI is InChI=1S/C22H14ClFN2O4/c1-12-2-3-13(23)10-17(12)19-9-8-16(30-19)11-18-20(27)25-22(29)26(21(18)28)15-6-4-14(24)5-7-15/h2-11H,1H3,(H,25,27,29)/b18-11+. The van der Waals surface area contributed by atoms with Crippen molar-refractivity contribution in [3.63, 3.8) is 0 Å². The number of imide groups is 2. The number of halogens is 2. The summed E-state index contributed by atoms with van der Waals surface area (Å²) in [7, 11) is 0. The molecule has 0 aliphatic carbocycles. The number of nitrogens with one attached hydrogen (secondary N) is 1. The van der Waals surface area contributed by atoms with E-state index in [9.17, 15) is 18.8 Å². The van der Waals surface area contributed by atoms with E-state index < -0.39 is 23.7 Å². The third-order valence-corrected chi connectivity index (χ3v) is 4.80. The van der Waals surface area contributed by atoms with Crippen molar-refractivity contribution in [2.45, 2.75) is 6.92 Å². The van der Waals surface area contributed by atoms with E-state index in [0.717, 1.165) is 28.2 Å². The number of rotatable bonds is 3. The van der Waals surface area contributed by atoms with Crippen LogP contribution in [0, 0.1) is 12.7 Å². The summed E-state index contributed by atoms with van der Waals surface area (Å²) < 4.78 is 18.9. The average molecular weight is 425 g/mol. The summed E-state index contributed by atoms with van der Waals surface area (Å²) in [6.45, 7) is 1.90. The largest absolute Gasteiger partial charge is 0.457 e. The van der Waals surface area contributed by atoms with E-state index >= 15 is 0 Å². The molecule has 2 aromatic carbocycles. The molecule has 4 rings (SSSR count). The smallest absolute Gasteiger partial charge is 0.335 e. The van der Waals surface area contributed by atoms with Crippen LogP contribution in [0.2, 0.25) is 5.02 Å². The fourth-order valence-electron chi connectivity index (χ4n) is 3.06. The lowest BCUT2D eigenvalue weighted by molar-refractivity contribution is -0.122. The zero-order valence-corrected chi connectivity index (χ0v) is 16.4. The highest BCUT2D eigenvalue weighted by atomic mass is 35.5. The number of anilines is 1. The quantitative estimate of drug-likeness (QED) is 0.487. The second-order valence-corrected chi connectivity index (χ2v) is 7.03. The van der Waals surface area contributed by atoms with Gasteiger partial charge in [-0.2, -0.15) is 0 Å². The van der Waals surface area contributed by atoms with Crippen LogP contribution in [0.5, 0.6) is 0 Å². The molecule has 30 heavy (non-hydrogen) atoms. The van der Waals surface area contributed by atoms with Crippen molar-refractivity contribution in [2.24, 2.45) is 0 Å². The Hall–Kier alpha value is -3.71. The number of carbonyl (C=O) groups is 3. The van der Waals surface area contributed by atoms with E-state index in [-0.39, 0.29) is 17.0 Å². The summed E-state index contributed by atoms with van der Waals surface area (Å²) in [5.41, 5.74) is 1.55. The first kappa shape index (κ1) is 19.6. The fourth-order valence-corrected chi connectivity index (χ4v) is 3.23. The Morgan fingerprint density at radius 3 is 2.50 bits per heavy atom. The van der Waals surface area contributed by atoms with Crippen molar-refractivity contribution in [2.75, 3.05) is 4.90 Å². The van der Waals surface area contributed by atoms with Crippen LogP contribution in [-0.4, -0.2) is 17.8 Å². The van der Waals surface area contributed by atoms with Crippen molar-refractivity contribution in [1.29, 1.82) is 0 Å². The highest BCUT2D eigenvalue weighted by Gasteiger charge is 2.37. The molecule has 3 aromatic rings. The molecule has 0 unspecified atom stereocenters. The summed E-state index contributed by atoms with van der Waals surface area (Å²) in [6, 6.07) is 12.5. The maximum atomic E-state index is 13.2. The van der Waals surface area contributed by atoms with Gasteiger partial charge in [-0.05, 0) is 67.1 Å². The second kappa shape index (κ2) is 7.61. The molecule has 0 saturated carbocycles. The number of aryl methyl sites for hydroxylation is 1. The van der Waals surface area contributed by atoms with E-state index in [1.807, 2.05) is 13.0 Å². The number of carbonyl (C=O) groups excluding carboxylic acids is 3. The lowest BCUT2D eigenvalue weighted by atomic mass is 10.1. The Labute approximate surface area is 175 Å². The normalized spacial score (nSPS) is 15.6. The predicted molar refractivity (Wildman–Crippen MR) is 109 cm³/mol. The second-order valence-electron chi connectivity index (χ2n) is 6.60. The van der Waals surface area contributed by atoms with Gasteiger partial charge in [0.25, 0.3) is 11.8 Å². The van der Waals surface area contributed by atoms with Gasteiger partial charge in [-0.1, -0.05) is 17.7 Å². The van der Waals surface area contributed by atoms with Crippen LogP contribution in [0.4, 0.5) is 14.9 Å². The van der Waals surface area contributed by atoms with Gasteiger partial charge in [0, 0.05) is 10.6 Å². The summed E-state index contributed by atoms with van der Waals surface area (Å²) >= 11 is 6.05. The topological polar surface area (TPSA) is 79.6 Å². The van der Waals surface area contributed by atoms with Crippen LogP contribution in [0.3, 0.4) is 0 Å². The number of furan rings is 1. The van der Waals surface area contributed by atoms with Gasteiger partial charge in [0.1, 0.15) is 22.9 Å². The first-order chi connectivity index (χ1) is 14.3. The van der Waals surface area contributed by atoms with Gasteiger partial charge in [0.15, 0.2) is 0 Å². The number of hydrogen-bond acceptors (Lipinski definition) is 4. The maximum Gasteiger partial charge on any atom is 0.335 e. The molecule has 8 heteroatoms. The van der Waals surface area contributed by atoms with Gasteiger partial charge in [0.2, 0.25) is 0 Å². The van der Waals surface area contributed by atoms with Gasteiger partial charge in [0.05, 0.1) is 5.69 Å². The Morgan fingerprint density at radius 2 is 1.77 bits per heavy atom. The monoisotopic (exact) mass is 424 g/mol. The first-order valence-corrected chi connectivity index (χ1v) is 9.24. The third kappa shape index (κ3) is 3.62. The molecule has 1 N–H and O–H groups in total. The number of nitrogens with zero attached hydrogens (tertiary/aromatic N) is 1. The molecular formula is C22H14ClFN2O4. The number of benzene rings is 2. The summed E-state index contributed by atoms with van der Waals surface area (Å²) in [6.07, 6.45) is 1.25. The van der Waals surface area contributed by atoms with Crippen molar-refractivity contribution in [3.8, 4) is 11.3 Å². The molecule has 2 heterocycles. The zero-order chi connectivity index (χ0) is 21.4. The van der Waals surface area contributed by atoms with Crippen LogP contribution in [0.25, 0.3) is 17.4 Å². The SMILES string of the molecule is Cc1ccc(Cl)cc1-c1ccc(/C=C2\C(=O)NC(=O)N(c3ccc(F)cc3)C2=O)o1. The van der Waals surface area contributed by atoms with Crippen LogP contribution >= 0.6 is 11.6 Å². The molecule has 1 aliphatic heterocycles. The van der Waals surface area contributed by atoms with Crippen LogP contribution in [0.15, 0.2) is 64.6 Å². The Balaban J connectivity index is 1.69. The lowest BCUT2D eigenvalue weighted by Gasteiger charge is -2.26. The molecule has 0 spiro atoms. The molecule has 0 bridgehead atoms. The number of barbiturate groups is 1. The summed E-state index contributed by atoms with van der Waals surface area (Å²) in [4.78, 5) is 38.0. The molecular weight excluding hydrogens is 411 g/mol.